The summed E-state index contributed by atoms with van der Waals surface area (Å²) in [5.74, 6) is -0.244. The first-order valence-corrected chi connectivity index (χ1v) is 8.72. The third kappa shape index (κ3) is 2.60. The second kappa shape index (κ2) is 5.87. The van der Waals surface area contributed by atoms with Crippen molar-refractivity contribution in [1.82, 2.24) is 4.57 Å². The Morgan fingerprint density at radius 1 is 1.08 bits per heavy atom. The number of aliphatic imine (C=N–C) groups is 1. The molecule has 0 amide bonds. The van der Waals surface area contributed by atoms with Gasteiger partial charge < -0.3 is 4.57 Å². The molecule has 0 saturated heterocycles. The van der Waals surface area contributed by atoms with Crippen LogP contribution < -0.4 is 0 Å². The van der Waals surface area contributed by atoms with Gasteiger partial charge in [-0.1, -0.05) is 39.7 Å². The molecule has 0 radical (unpaired) electrons. The fourth-order valence-electron chi connectivity index (χ4n) is 3.04. The number of benzene rings is 2. The van der Waals surface area contributed by atoms with Crippen molar-refractivity contribution in [2.24, 2.45) is 4.99 Å². The Labute approximate surface area is 152 Å². The molecule has 0 saturated carbocycles. The number of fused-ring (bicyclic) bond motifs is 2. The lowest BCUT2D eigenvalue weighted by Gasteiger charge is -2.16. The Bertz CT molecular complexity index is 960. The first-order chi connectivity index (χ1) is 11.5. The highest BCUT2D eigenvalue weighted by Gasteiger charge is 2.22. The zero-order valence-corrected chi connectivity index (χ0v) is 15.1. The Balaban J connectivity index is 1.88. The first kappa shape index (κ1) is 15.6. The number of rotatable bonds is 1. The standard InChI is InChI=1S/C19H13BrClFN2/c1-11-16-9-14(20)4-7-17(16)23-19(21)18-8-13(10-24(11)18)12-2-5-15(22)6-3-12/h2-11H,1H3. The Kier molecular flexibility index (Phi) is 3.82. The van der Waals surface area contributed by atoms with Crippen LogP contribution in [-0.2, 0) is 0 Å². The summed E-state index contributed by atoms with van der Waals surface area (Å²) < 4.78 is 16.3. The molecule has 1 aromatic heterocycles. The molecule has 2 aromatic carbocycles. The van der Waals surface area contributed by atoms with Gasteiger partial charge in [-0.15, -0.1) is 0 Å². The number of halogens is 3. The lowest BCUT2D eigenvalue weighted by molar-refractivity contribution is 0.628. The third-order valence-electron chi connectivity index (χ3n) is 4.31. The van der Waals surface area contributed by atoms with E-state index in [1.54, 1.807) is 12.1 Å². The molecule has 2 nitrogen and oxygen atoms in total. The van der Waals surface area contributed by atoms with Crippen LogP contribution in [0.4, 0.5) is 10.1 Å². The maximum Gasteiger partial charge on any atom is 0.153 e. The van der Waals surface area contributed by atoms with Crippen molar-refractivity contribution < 1.29 is 4.39 Å². The summed E-state index contributed by atoms with van der Waals surface area (Å²) in [7, 11) is 0. The summed E-state index contributed by atoms with van der Waals surface area (Å²) in [6.07, 6.45) is 2.04. The molecule has 0 aliphatic carbocycles. The van der Waals surface area contributed by atoms with E-state index in [4.69, 9.17) is 11.6 Å². The maximum atomic E-state index is 13.2. The van der Waals surface area contributed by atoms with Crippen molar-refractivity contribution in [2.75, 3.05) is 0 Å². The van der Waals surface area contributed by atoms with E-state index in [1.165, 1.54) is 12.1 Å². The van der Waals surface area contributed by atoms with E-state index >= 15 is 0 Å². The molecule has 0 N–H and O–H groups in total. The van der Waals surface area contributed by atoms with Crippen LogP contribution in [-0.4, -0.2) is 9.74 Å². The van der Waals surface area contributed by atoms with Crippen LogP contribution in [0.15, 0.2) is 64.2 Å². The molecule has 2 heterocycles. The largest absolute Gasteiger partial charge is 0.338 e. The zero-order chi connectivity index (χ0) is 16.8. The van der Waals surface area contributed by atoms with Crippen molar-refractivity contribution in [2.45, 2.75) is 13.0 Å². The van der Waals surface area contributed by atoms with E-state index < -0.39 is 0 Å². The lowest BCUT2D eigenvalue weighted by Crippen LogP contribution is -2.08. The lowest BCUT2D eigenvalue weighted by atomic mass is 10.1. The van der Waals surface area contributed by atoms with Crippen LogP contribution in [0.5, 0.6) is 0 Å². The normalized spacial score (nSPS) is 16.2. The summed E-state index contributed by atoms with van der Waals surface area (Å²) in [5.41, 5.74) is 4.77. The van der Waals surface area contributed by atoms with Crippen molar-refractivity contribution in [3.8, 4) is 11.1 Å². The van der Waals surface area contributed by atoms with Crippen LogP contribution in [0, 0.1) is 5.82 Å². The van der Waals surface area contributed by atoms with Crippen LogP contribution in [0.25, 0.3) is 11.1 Å². The van der Waals surface area contributed by atoms with E-state index in [-0.39, 0.29) is 11.9 Å². The van der Waals surface area contributed by atoms with Gasteiger partial charge in [0.2, 0.25) is 0 Å². The Hall–Kier alpha value is -1.91. The fourth-order valence-corrected chi connectivity index (χ4v) is 3.66. The summed E-state index contributed by atoms with van der Waals surface area (Å²) in [6.45, 7) is 2.12. The average Bonchev–Trinajstić information content (AvgIpc) is 2.98. The second-order valence-electron chi connectivity index (χ2n) is 5.81. The maximum absolute atomic E-state index is 13.2. The molecule has 120 valence electrons. The second-order valence-corrected chi connectivity index (χ2v) is 7.08. The molecule has 1 aliphatic rings. The molecule has 3 aromatic rings. The van der Waals surface area contributed by atoms with Gasteiger partial charge in [-0.25, -0.2) is 9.38 Å². The minimum atomic E-state index is -0.244. The molecule has 0 fully saturated rings. The molecule has 1 aliphatic heterocycles. The first-order valence-electron chi connectivity index (χ1n) is 7.55. The topological polar surface area (TPSA) is 17.3 Å². The number of aromatic nitrogens is 1. The Morgan fingerprint density at radius 2 is 1.83 bits per heavy atom. The number of hydrogen-bond donors (Lipinski definition) is 0. The molecule has 0 bridgehead atoms. The summed E-state index contributed by atoms with van der Waals surface area (Å²) in [4.78, 5) is 4.57. The molecule has 1 atom stereocenters. The Morgan fingerprint density at radius 3 is 2.58 bits per heavy atom. The smallest absolute Gasteiger partial charge is 0.153 e. The zero-order valence-electron chi connectivity index (χ0n) is 12.8. The summed E-state index contributed by atoms with van der Waals surface area (Å²) in [6, 6.07) is 14.5. The number of hydrogen-bond acceptors (Lipinski definition) is 1. The predicted molar refractivity (Wildman–Crippen MR) is 99.8 cm³/mol. The highest BCUT2D eigenvalue weighted by molar-refractivity contribution is 9.10. The minimum Gasteiger partial charge on any atom is -0.338 e. The average molecular weight is 404 g/mol. The highest BCUT2D eigenvalue weighted by atomic mass is 79.9. The van der Waals surface area contributed by atoms with Gasteiger partial charge in [0.25, 0.3) is 0 Å². The van der Waals surface area contributed by atoms with Crippen molar-refractivity contribution in [3.05, 3.63) is 76.3 Å². The quantitative estimate of drug-likeness (QED) is 0.454. The van der Waals surface area contributed by atoms with Crippen LogP contribution in [0.1, 0.15) is 24.2 Å². The van der Waals surface area contributed by atoms with E-state index in [0.29, 0.717) is 5.17 Å². The molecular formula is C19H13BrClFN2. The van der Waals surface area contributed by atoms with E-state index in [2.05, 4.69) is 38.5 Å². The SMILES string of the molecule is CC1c2cc(Br)ccc2N=C(Cl)c2cc(-c3ccc(F)cc3)cn21. The van der Waals surface area contributed by atoms with E-state index in [0.717, 1.165) is 32.5 Å². The monoisotopic (exact) mass is 402 g/mol. The van der Waals surface area contributed by atoms with Gasteiger partial charge in [-0.05, 0) is 48.9 Å². The predicted octanol–water partition coefficient (Wildman–Crippen LogP) is 6.30. The summed E-state index contributed by atoms with van der Waals surface area (Å²) in [5, 5.41) is 0.455. The molecule has 0 spiro atoms. The van der Waals surface area contributed by atoms with Crippen molar-refractivity contribution >= 4 is 38.4 Å². The molecule has 24 heavy (non-hydrogen) atoms. The van der Waals surface area contributed by atoms with Crippen LogP contribution in [0.3, 0.4) is 0 Å². The minimum absolute atomic E-state index is 0.0849. The van der Waals surface area contributed by atoms with E-state index in [1.807, 2.05) is 24.4 Å². The highest BCUT2D eigenvalue weighted by Crippen LogP contribution is 2.37. The molecule has 5 heteroatoms. The van der Waals surface area contributed by atoms with Gasteiger partial charge in [0.05, 0.1) is 17.4 Å². The van der Waals surface area contributed by atoms with Crippen molar-refractivity contribution in [3.63, 3.8) is 0 Å². The molecular weight excluding hydrogens is 391 g/mol. The van der Waals surface area contributed by atoms with Crippen LogP contribution in [0.2, 0.25) is 0 Å². The van der Waals surface area contributed by atoms with Gasteiger partial charge in [-0.2, -0.15) is 0 Å². The van der Waals surface area contributed by atoms with Gasteiger partial charge in [0, 0.05) is 21.8 Å². The van der Waals surface area contributed by atoms with E-state index in [9.17, 15) is 4.39 Å². The molecule has 4 rings (SSSR count). The summed E-state index contributed by atoms with van der Waals surface area (Å²) >= 11 is 9.99. The van der Waals surface area contributed by atoms with Crippen molar-refractivity contribution in [1.29, 1.82) is 0 Å². The van der Waals surface area contributed by atoms with Crippen LogP contribution >= 0.6 is 27.5 Å². The third-order valence-corrected chi connectivity index (χ3v) is 5.08. The van der Waals surface area contributed by atoms with Gasteiger partial charge in [0.15, 0.2) is 5.17 Å². The molecule has 1 unspecified atom stereocenters. The fraction of sp³-hybridized carbons (Fsp3) is 0.105. The van der Waals surface area contributed by atoms with Gasteiger partial charge >= 0.3 is 0 Å². The number of nitrogens with zero attached hydrogens (tertiary/aromatic N) is 2. The van der Waals surface area contributed by atoms with Gasteiger partial charge in [0.1, 0.15) is 5.82 Å². The van der Waals surface area contributed by atoms with Gasteiger partial charge in [-0.3, -0.25) is 0 Å².